The summed E-state index contributed by atoms with van der Waals surface area (Å²) in [6.45, 7) is 2.62. The number of hydrogen-bond acceptors (Lipinski definition) is 2. The van der Waals surface area contributed by atoms with Crippen LogP contribution in [0.2, 0.25) is 0 Å². The average Bonchev–Trinajstić information content (AvgIpc) is 2.61. The molecule has 1 aliphatic rings. The van der Waals surface area contributed by atoms with Crippen LogP contribution in [0.5, 0.6) is 0 Å². The van der Waals surface area contributed by atoms with Crippen LogP contribution < -0.4 is 0 Å². The Balaban J connectivity index is 1.64. The Labute approximate surface area is 139 Å². The second-order valence-corrected chi connectivity index (χ2v) is 6.40. The zero-order chi connectivity index (χ0) is 15.9. The van der Waals surface area contributed by atoms with Crippen molar-refractivity contribution in [2.24, 2.45) is 5.16 Å². The topological polar surface area (TPSA) is 21.6 Å². The molecule has 2 aromatic carbocycles. The predicted octanol–water partition coefficient (Wildman–Crippen LogP) is 5.59. The molecule has 0 saturated heterocycles. The van der Waals surface area contributed by atoms with Crippen LogP contribution in [0, 0.1) is 6.92 Å². The van der Waals surface area contributed by atoms with E-state index < -0.39 is 0 Å². The van der Waals surface area contributed by atoms with Crippen LogP contribution in [0.25, 0.3) is 0 Å². The first kappa shape index (κ1) is 15.8. The van der Waals surface area contributed by atoms with Crippen LogP contribution in [0.15, 0.2) is 53.7 Å². The van der Waals surface area contributed by atoms with E-state index in [-0.39, 0.29) is 0 Å². The Bertz CT molecular complexity index is 656. The molecule has 0 radical (unpaired) electrons. The van der Waals surface area contributed by atoms with Gasteiger partial charge in [0.1, 0.15) is 6.61 Å². The van der Waals surface area contributed by atoms with Gasteiger partial charge < -0.3 is 4.84 Å². The molecule has 0 bridgehead atoms. The van der Waals surface area contributed by atoms with Crippen molar-refractivity contribution < 1.29 is 4.84 Å². The van der Waals surface area contributed by atoms with Crippen molar-refractivity contribution in [2.45, 2.75) is 51.6 Å². The minimum absolute atomic E-state index is 0.523. The van der Waals surface area contributed by atoms with Gasteiger partial charge in [-0.2, -0.15) is 0 Å². The monoisotopic (exact) mass is 307 g/mol. The van der Waals surface area contributed by atoms with Gasteiger partial charge in [0.05, 0.1) is 6.21 Å². The first-order chi connectivity index (χ1) is 11.3. The van der Waals surface area contributed by atoms with Crippen LogP contribution in [0.4, 0.5) is 0 Å². The molecule has 0 amide bonds. The molecule has 2 aromatic rings. The first-order valence-corrected chi connectivity index (χ1v) is 8.63. The Morgan fingerprint density at radius 2 is 1.74 bits per heavy atom. The first-order valence-electron chi connectivity index (χ1n) is 8.63. The van der Waals surface area contributed by atoms with Crippen LogP contribution in [-0.4, -0.2) is 6.21 Å². The number of benzene rings is 2. The Kier molecular flexibility index (Phi) is 5.46. The molecule has 1 fully saturated rings. The number of rotatable bonds is 5. The lowest BCUT2D eigenvalue weighted by Gasteiger charge is -2.23. The van der Waals surface area contributed by atoms with Gasteiger partial charge in [-0.25, -0.2) is 0 Å². The maximum atomic E-state index is 5.52. The Morgan fingerprint density at radius 1 is 1.00 bits per heavy atom. The minimum Gasteiger partial charge on any atom is -0.391 e. The van der Waals surface area contributed by atoms with Crippen LogP contribution in [-0.2, 0) is 11.4 Å². The van der Waals surface area contributed by atoms with E-state index >= 15 is 0 Å². The Hall–Kier alpha value is -2.09. The van der Waals surface area contributed by atoms with Gasteiger partial charge in [0.25, 0.3) is 0 Å². The van der Waals surface area contributed by atoms with Crippen LogP contribution in [0.3, 0.4) is 0 Å². The van der Waals surface area contributed by atoms with Gasteiger partial charge in [0.15, 0.2) is 0 Å². The fourth-order valence-electron chi connectivity index (χ4n) is 3.39. The highest BCUT2D eigenvalue weighted by Crippen LogP contribution is 2.33. The molecule has 1 aliphatic carbocycles. The maximum Gasteiger partial charge on any atom is 0.142 e. The number of oxime groups is 1. The minimum atomic E-state index is 0.523. The van der Waals surface area contributed by atoms with Crippen molar-refractivity contribution in [3.05, 3.63) is 70.8 Å². The van der Waals surface area contributed by atoms with Crippen molar-refractivity contribution in [1.82, 2.24) is 0 Å². The maximum absolute atomic E-state index is 5.52. The Morgan fingerprint density at radius 3 is 2.57 bits per heavy atom. The molecule has 3 rings (SSSR count). The quantitative estimate of drug-likeness (QED) is 0.521. The highest BCUT2D eigenvalue weighted by molar-refractivity contribution is 5.81. The molecule has 0 N–H and O–H groups in total. The second kappa shape index (κ2) is 7.96. The van der Waals surface area contributed by atoms with Crippen molar-refractivity contribution in [3.8, 4) is 0 Å². The summed E-state index contributed by atoms with van der Waals surface area (Å²) in [5.74, 6) is 0.683. The normalized spacial score (nSPS) is 15.9. The van der Waals surface area contributed by atoms with E-state index in [1.54, 1.807) is 0 Å². The predicted molar refractivity (Wildman–Crippen MR) is 95.8 cm³/mol. The molecular formula is C21H25NO. The van der Waals surface area contributed by atoms with E-state index in [1.807, 2.05) is 18.3 Å². The van der Waals surface area contributed by atoms with Gasteiger partial charge >= 0.3 is 0 Å². The highest BCUT2D eigenvalue weighted by Gasteiger charge is 2.17. The lowest BCUT2D eigenvalue weighted by atomic mass is 9.82. The van der Waals surface area contributed by atoms with Crippen molar-refractivity contribution in [2.75, 3.05) is 0 Å². The van der Waals surface area contributed by atoms with Gasteiger partial charge in [-0.05, 0) is 47.9 Å². The van der Waals surface area contributed by atoms with Gasteiger partial charge in [-0.15, -0.1) is 0 Å². The van der Waals surface area contributed by atoms with Gasteiger partial charge in [-0.3, -0.25) is 0 Å². The molecule has 0 spiro atoms. The summed E-state index contributed by atoms with van der Waals surface area (Å²) >= 11 is 0. The molecule has 1 saturated carbocycles. The van der Waals surface area contributed by atoms with Crippen molar-refractivity contribution in [1.29, 1.82) is 0 Å². The molecular weight excluding hydrogens is 282 g/mol. The van der Waals surface area contributed by atoms with E-state index in [0.29, 0.717) is 12.5 Å². The summed E-state index contributed by atoms with van der Waals surface area (Å²) in [6.07, 6.45) is 8.55. The molecule has 2 heteroatoms. The largest absolute Gasteiger partial charge is 0.391 e. The van der Waals surface area contributed by atoms with Gasteiger partial charge in [0.2, 0.25) is 0 Å². The lowest BCUT2D eigenvalue weighted by Crippen LogP contribution is -2.07. The summed E-state index contributed by atoms with van der Waals surface area (Å²) in [7, 11) is 0. The van der Waals surface area contributed by atoms with E-state index in [1.165, 1.54) is 54.4 Å². The summed E-state index contributed by atoms with van der Waals surface area (Å²) in [5.41, 5.74) is 5.05. The zero-order valence-corrected chi connectivity index (χ0v) is 13.9. The molecule has 0 heterocycles. The van der Waals surface area contributed by atoms with Gasteiger partial charge in [0, 0.05) is 0 Å². The second-order valence-electron chi connectivity index (χ2n) is 6.40. The summed E-state index contributed by atoms with van der Waals surface area (Å²) in [5, 5.41) is 4.21. The molecule has 120 valence electrons. The molecule has 0 atom stereocenters. The highest BCUT2D eigenvalue weighted by atomic mass is 16.6. The fraction of sp³-hybridized carbons (Fsp3) is 0.381. The van der Waals surface area contributed by atoms with Crippen LogP contribution >= 0.6 is 0 Å². The summed E-state index contributed by atoms with van der Waals surface area (Å²) in [4.78, 5) is 5.52. The summed E-state index contributed by atoms with van der Waals surface area (Å²) < 4.78 is 0. The summed E-state index contributed by atoms with van der Waals surface area (Å²) in [6, 6.07) is 16.9. The van der Waals surface area contributed by atoms with Crippen molar-refractivity contribution >= 4 is 6.21 Å². The zero-order valence-electron chi connectivity index (χ0n) is 13.9. The SMILES string of the molecule is Cc1ccccc1CON=Cc1ccccc1C1CCCCC1. The third kappa shape index (κ3) is 4.22. The lowest BCUT2D eigenvalue weighted by molar-refractivity contribution is 0.131. The third-order valence-electron chi connectivity index (χ3n) is 4.79. The van der Waals surface area contributed by atoms with Crippen molar-refractivity contribution in [3.63, 3.8) is 0 Å². The average molecular weight is 307 g/mol. The standard InChI is InChI=1S/C21H25NO/c1-17-9-5-6-13-20(17)16-23-22-15-19-12-7-8-14-21(19)18-10-3-2-4-11-18/h5-9,12-15,18H,2-4,10-11,16H2,1H3. The number of hydrogen-bond donors (Lipinski definition) is 0. The fourth-order valence-corrected chi connectivity index (χ4v) is 3.39. The third-order valence-corrected chi connectivity index (χ3v) is 4.79. The van der Waals surface area contributed by atoms with Gasteiger partial charge in [-0.1, -0.05) is 72.9 Å². The molecule has 23 heavy (non-hydrogen) atoms. The number of aryl methyl sites for hydroxylation is 1. The van der Waals surface area contributed by atoms with E-state index in [0.717, 1.165) is 0 Å². The molecule has 2 nitrogen and oxygen atoms in total. The number of nitrogens with zero attached hydrogens (tertiary/aromatic N) is 1. The van der Waals surface area contributed by atoms with E-state index in [2.05, 4.69) is 48.5 Å². The molecule has 0 unspecified atom stereocenters. The van der Waals surface area contributed by atoms with E-state index in [4.69, 9.17) is 4.84 Å². The smallest absolute Gasteiger partial charge is 0.142 e. The molecule has 0 aliphatic heterocycles. The molecule has 0 aromatic heterocycles. The van der Waals surface area contributed by atoms with Crippen LogP contribution in [0.1, 0.15) is 60.3 Å². The van der Waals surface area contributed by atoms with E-state index in [9.17, 15) is 0 Å².